The van der Waals surface area contributed by atoms with Crippen molar-refractivity contribution in [3.05, 3.63) is 29.3 Å². The SMILES string of the molecule is CC(C)(C)Cc1ccc2c(c1)NC(=O)C2C(C)(C)C. The lowest BCUT2D eigenvalue weighted by molar-refractivity contribution is -0.119. The van der Waals surface area contributed by atoms with Crippen molar-refractivity contribution in [2.24, 2.45) is 10.8 Å². The van der Waals surface area contributed by atoms with Gasteiger partial charge in [0.05, 0.1) is 5.92 Å². The fourth-order valence-electron chi connectivity index (χ4n) is 2.89. The molecule has 1 amide bonds. The van der Waals surface area contributed by atoms with Crippen LogP contribution in [0.1, 0.15) is 58.6 Å². The predicted molar refractivity (Wildman–Crippen MR) is 80.4 cm³/mol. The number of rotatable bonds is 1. The first kappa shape index (κ1) is 14.1. The second-order valence-corrected chi connectivity index (χ2v) is 7.95. The van der Waals surface area contributed by atoms with Crippen LogP contribution in [0.15, 0.2) is 18.2 Å². The van der Waals surface area contributed by atoms with Crippen molar-refractivity contribution in [3.63, 3.8) is 0 Å². The van der Waals surface area contributed by atoms with Crippen molar-refractivity contribution in [2.75, 3.05) is 5.32 Å². The summed E-state index contributed by atoms with van der Waals surface area (Å²) in [6.07, 6.45) is 1.02. The van der Waals surface area contributed by atoms with E-state index < -0.39 is 0 Å². The Hall–Kier alpha value is -1.31. The van der Waals surface area contributed by atoms with E-state index in [1.807, 2.05) is 0 Å². The number of nitrogens with one attached hydrogen (secondary N) is 1. The number of carbonyl (C=O) groups is 1. The average molecular weight is 259 g/mol. The van der Waals surface area contributed by atoms with Gasteiger partial charge < -0.3 is 5.32 Å². The fourth-order valence-corrected chi connectivity index (χ4v) is 2.89. The van der Waals surface area contributed by atoms with Crippen molar-refractivity contribution in [1.29, 1.82) is 0 Å². The van der Waals surface area contributed by atoms with Crippen LogP contribution in [0.2, 0.25) is 0 Å². The van der Waals surface area contributed by atoms with Gasteiger partial charge in [-0.1, -0.05) is 53.7 Å². The van der Waals surface area contributed by atoms with Gasteiger partial charge in [-0.15, -0.1) is 0 Å². The Morgan fingerprint density at radius 3 is 2.26 bits per heavy atom. The molecule has 0 radical (unpaired) electrons. The second kappa shape index (κ2) is 4.36. The summed E-state index contributed by atoms with van der Waals surface area (Å²) in [5.74, 6) is 0.0987. The number of hydrogen-bond donors (Lipinski definition) is 1. The van der Waals surface area contributed by atoms with Gasteiger partial charge in [0.1, 0.15) is 0 Å². The zero-order valence-corrected chi connectivity index (χ0v) is 12.9. The summed E-state index contributed by atoms with van der Waals surface area (Å²) in [5, 5.41) is 3.04. The molecule has 2 rings (SSSR count). The quantitative estimate of drug-likeness (QED) is 0.797. The summed E-state index contributed by atoms with van der Waals surface area (Å²) < 4.78 is 0. The van der Waals surface area contributed by atoms with Crippen molar-refractivity contribution < 1.29 is 4.79 Å². The smallest absolute Gasteiger partial charge is 0.232 e. The molecule has 0 aliphatic carbocycles. The van der Waals surface area contributed by atoms with Crippen LogP contribution < -0.4 is 5.32 Å². The van der Waals surface area contributed by atoms with E-state index in [-0.39, 0.29) is 22.7 Å². The van der Waals surface area contributed by atoms with E-state index in [1.165, 1.54) is 5.56 Å². The maximum atomic E-state index is 12.2. The lowest BCUT2D eigenvalue weighted by atomic mass is 9.77. The minimum absolute atomic E-state index is 0.0359. The Bertz CT molecular complexity index is 503. The van der Waals surface area contributed by atoms with Gasteiger partial charge in [-0.3, -0.25) is 4.79 Å². The second-order valence-electron chi connectivity index (χ2n) is 7.95. The zero-order chi connectivity index (χ0) is 14.4. The third-order valence-electron chi connectivity index (χ3n) is 3.55. The monoisotopic (exact) mass is 259 g/mol. The van der Waals surface area contributed by atoms with Crippen LogP contribution in [0.5, 0.6) is 0 Å². The molecule has 1 unspecified atom stereocenters. The standard InChI is InChI=1S/C17H25NO/c1-16(2,3)10-11-7-8-12-13(9-11)18-15(19)14(12)17(4,5)6/h7-9,14H,10H2,1-6H3,(H,18,19). The molecule has 1 aromatic carbocycles. The van der Waals surface area contributed by atoms with E-state index in [4.69, 9.17) is 0 Å². The van der Waals surface area contributed by atoms with Crippen molar-refractivity contribution in [1.82, 2.24) is 0 Å². The van der Waals surface area contributed by atoms with Gasteiger partial charge in [0.25, 0.3) is 0 Å². The third kappa shape index (κ3) is 2.99. The molecule has 2 nitrogen and oxygen atoms in total. The molecule has 0 bridgehead atoms. The highest BCUT2D eigenvalue weighted by Crippen LogP contribution is 2.44. The summed E-state index contributed by atoms with van der Waals surface area (Å²) in [5.41, 5.74) is 3.67. The van der Waals surface area contributed by atoms with Crippen molar-refractivity contribution in [2.45, 2.75) is 53.9 Å². The first-order valence-electron chi connectivity index (χ1n) is 7.02. The fraction of sp³-hybridized carbons (Fsp3) is 0.588. The maximum absolute atomic E-state index is 12.2. The number of benzene rings is 1. The van der Waals surface area contributed by atoms with Crippen LogP contribution in [0, 0.1) is 10.8 Å². The molecule has 0 spiro atoms. The zero-order valence-electron chi connectivity index (χ0n) is 12.9. The number of hydrogen-bond acceptors (Lipinski definition) is 1. The molecular weight excluding hydrogens is 234 g/mol. The maximum Gasteiger partial charge on any atom is 0.232 e. The lowest BCUT2D eigenvalue weighted by Crippen LogP contribution is -2.25. The van der Waals surface area contributed by atoms with Gasteiger partial charge in [0.15, 0.2) is 0 Å². The van der Waals surface area contributed by atoms with Gasteiger partial charge in [-0.05, 0) is 34.4 Å². The first-order valence-corrected chi connectivity index (χ1v) is 7.02. The highest BCUT2D eigenvalue weighted by molar-refractivity contribution is 6.03. The minimum atomic E-state index is -0.0408. The molecule has 0 saturated carbocycles. The number of carbonyl (C=O) groups excluding carboxylic acids is 1. The number of anilines is 1. The largest absolute Gasteiger partial charge is 0.325 e. The third-order valence-corrected chi connectivity index (χ3v) is 3.55. The number of fused-ring (bicyclic) bond motifs is 1. The van der Waals surface area contributed by atoms with E-state index in [0.717, 1.165) is 17.7 Å². The predicted octanol–water partition coefficient (Wildman–Crippen LogP) is 4.36. The summed E-state index contributed by atoms with van der Waals surface area (Å²) in [4.78, 5) is 12.2. The van der Waals surface area contributed by atoms with Crippen LogP contribution in [-0.2, 0) is 11.2 Å². The summed E-state index contributed by atoms with van der Waals surface area (Å²) >= 11 is 0. The molecule has 0 saturated heterocycles. The Balaban J connectivity index is 2.35. The van der Waals surface area contributed by atoms with Gasteiger partial charge >= 0.3 is 0 Å². The Morgan fingerprint density at radius 2 is 1.74 bits per heavy atom. The molecule has 0 aromatic heterocycles. The molecule has 1 atom stereocenters. The van der Waals surface area contributed by atoms with E-state index in [2.05, 4.69) is 65.1 Å². The summed E-state index contributed by atoms with van der Waals surface area (Å²) in [6.45, 7) is 13.1. The Morgan fingerprint density at radius 1 is 1.11 bits per heavy atom. The van der Waals surface area contributed by atoms with Crippen LogP contribution >= 0.6 is 0 Å². The molecule has 104 valence electrons. The van der Waals surface area contributed by atoms with Crippen molar-refractivity contribution in [3.8, 4) is 0 Å². The molecular formula is C17H25NO. The topological polar surface area (TPSA) is 29.1 Å². The van der Waals surface area contributed by atoms with Gasteiger partial charge in [-0.25, -0.2) is 0 Å². The summed E-state index contributed by atoms with van der Waals surface area (Å²) in [6, 6.07) is 6.44. The lowest BCUT2D eigenvalue weighted by Gasteiger charge is -2.25. The molecule has 1 aliphatic heterocycles. The van der Waals surface area contributed by atoms with Crippen molar-refractivity contribution >= 4 is 11.6 Å². The molecule has 0 fully saturated rings. The van der Waals surface area contributed by atoms with Crippen LogP contribution in [0.25, 0.3) is 0 Å². The molecule has 19 heavy (non-hydrogen) atoms. The van der Waals surface area contributed by atoms with Crippen LogP contribution in [0.4, 0.5) is 5.69 Å². The average Bonchev–Trinajstić information content (AvgIpc) is 2.49. The Labute approximate surface area is 116 Å². The molecule has 1 heterocycles. The van der Waals surface area contributed by atoms with E-state index >= 15 is 0 Å². The molecule has 1 N–H and O–H groups in total. The van der Waals surface area contributed by atoms with E-state index in [9.17, 15) is 4.79 Å². The highest BCUT2D eigenvalue weighted by atomic mass is 16.2. The highest BCUT2D eigenvalue weighted by Gasteiger charge is 2.39. The number of amides is 1. The van der Waals surface area contributed by atoms with Crippen LogP contribution in [-0.4, -0.2) is 5.91 Å². The normalized spacial score (nSPS) is 19.3. The van der Waals surface area contributed by atoms with E-state index in [0.29, 0.717) is 0 Å². The molecule has 2 heteroatoms. The molecule has 1 aromatic rings. The van der Waals surface area contributed by atoms with Gasteiger partial charge in [-0.2, -0.15) is 0 Å². The summed E-state index contributed by atoms with van der Waals surface area (Å²) in [7, 11) is 0. The molecule has 1 aliphatic rings. The van der Waals surface area contributed by atoms with Gasteiger partial charge in [0, 0.05) is 5.69 Å². The van der Waals surface area contributed by atoms with Gasteiger partial charge in [0.2, 0.25) is 5.91 Å². The van der Waals surface area contributed by atoms with Crippen LogP contribution in [0.3, 0.4) is 0 Å². The van der Waals surface area contributed by atoms with E-state index in [1.54, 1.807) is 0 Å². The Kier molecular flexibility index (Phi) is 3.24. The first-order chi connectivity index (χ1) is 8.58. The minimum Gasteiger partial charge on any atom is -0.325 e.